The maximum Gasteiger partial charge on any atom is 0.242 e. The summed E-state index contributed by atoms with van der Waals surface area (Å²) in [6, 6.07) is 1.30. The number of nitrogens with one attached hydrogen (secondary N) is 3. The van der Waals surface area contributed by atoms with Crippen molar-refractivity contribution in [3.05, 3.63) is 34.5 Å². The van der Waals surface area contributed by atoms with Crippen molar-refractivity contribution in [1.29, 1.82) is 0 Å². The first-order chi connectivity index (χ1) is 9.53. The first-order valence-electron chi connectivity index (χ1n) is 6.32. The van der Waals surface area contributed by atoms with E-state index in [0.717, 1.165) is 11.4 Å². The molecule has 0 saturated carbocycles. The van der Waals surface area contributed by atoms with Gasteiger partial charge in [0.1, 0.15) is 5.82 Å². The molecule has 0 aromatic carbocycles. The van der Waals surface area contributed by atoms with Crippen LogP contribution in [0.15, 0.2) is 28.7 Å². The van der Waals surface area contributed by atoms with Crippen molar-refractivity contribution in [2.75, 3.05) is 6.54 Å². The molecule has 0 aliphatic heterocycles. The van der Waals surface area contributed by atoms with E-state index in [0.29, 0.717) is 17.3 Å². The Bertz CT molecular complexity index is 634. The van der Waals surface area contributed by atoms with Gasteiger partial charge in [0.05, 0.1) is 10.9 Å². The smallest absolute Gasteiger partial charge is 0.242 e. The minimum Gasteiger partial charge on any atom is -0.347 e. The standard InChI is InChI=1S/C12H18N4O2S2/c1-3-13-7-10-6-11(8-19-10)20(17,18)16-9(2)12-14-4-5-15-12/h4-6,8-9,13,16H,3,7H2,1-2H3,(H,14,15). The summed E-state index contributed by atoms with van der Waals surface area (Å²) in [6.07, 6.45) is 3.26. The molecule has 2 heterocycles. The number of nitrogens with zero attached hydrogens (tertiary/aromatic N) is 1. The van der Waals surface area contributed by atoms with E-state index >= 15 is 0 Å². The Kier molecular flexibility index (Phi) is 4.92. The molecule has 1 atom stereocenters. The molecule has 0 radical (unpaired) electrons. The zero-order chi connectivity index (χ0) is 14.6. The van der Waals surface area contributed by atoms with Crippen molar-refractivity contribution in [3.63, 3.8) is 0 Å². The van der Waals surface area contributed by atoms with Crippen LogP contribution in [0.3, 0.4) is 0 Å². The van der Waals surface area contributed by atoms with Crippen LogP contribution < -0.4 is 10.0 Å². The number of hydrogen-bond acceptors (Lipinski definition) is 5. The summed E-state index contributed by atoms with van der Waals surface area (Å²) in [5.74, 6) is 0.594. The molecule has 0 aliphatic carbocycles. The largest absolute Gasteiger partial charge is 0.347 e. The third kappa shape index (κ3) is 3.66. The molecule has 110 valence electrons. The lowest BCUT2D eigenvalue weighted by Gasteiger charge is -2.10. The van der Waals surface area contributed by atoms with E-state index in [1.807, 2.05) is 6.92 Å². The van der Waals surface area contributed by atoms with Crippen molar-refractivity contribution in [1.82, 2.24) is 20.0 Å². The van der Waals surface area contributed by atoms with Gasteiger partial charge in [0.15, 0.2) is 0 Å². The van der Waals surface area contributed by atoms with Crippen LogP contribution in [0, 0.1) is 0 Å². The molecular weight excluding hydrogens is 296 g/mol. The summed E-state index contributed by atoms with van der Waals surface area (Å²) in [5, 5.41) is 4.83. The summed E-state index contributed by atoms with van der Waals surface area (Å²) < 4.78 is 27.1. The van der Waals surface area contributed by atoms with Crippen LogP contribution in [0.4, 0.5) is 0 Å². The van der Waals surface area contributed by atoms with E-state index < -0.39 is 16.1 Å². The summed E-state index contributed by atoms with van der Waals surface area (Å²) in [5.41, 5.74) is 0. The predicted molar refractivity (Wildman–Crippen MR) is 79.0 cm³/mol. The van der Waals surface area contributed by atoms with E-state index in [1.165, 1.54) is 11.3 Å². The number of aromatic amines is 1. The Balaban J connectivity index is 2.08. The van der Waals surface area contributed by atoms with Gasteiger partial charge in [-0.2, -0.15) is 0 Å². The van der Waals surface area contributed by atoms with Gasteiger partial charge >= 0.3 is 0 Å². The molecule has 0 aliphatic rings. The summed E-state index contributed by atoms with van der Waals surface area (Å²) in [6.45, 7) is 5.30. The van der Waals surface area contributed by atoms with Crippen LogP contribution in [0.2, 0.25) is 0 Å². The van der Waals surface area contributed by atoms with Crippen molar-refractivity contribution in [3.8, 4) is 0 Å². The number of sulfonamides is 1. The molecule has 0 bridgehead atoms. The number of aromatic nitrogens is 2. The molecule has 0 saturated heterocycles. The number of thiophene rings is 1. The third-order valence-corrected chi connectivity index (χ3v) is 5.36. The van der Waals surface area contributed by atoms with E-state index in [1.54, 1.807) is 30.8 Å². The molecule has 1 unspecified atom stereocenters. The molecular formula is C12H18N4O2S2. The monoisotopic (exact) mass is 314 g/mol. The SMILES string of the molecule is CCNCc1cc(S(=O)(=O)NC(C)c2ncc[nH]2)cs1. The fourth-order valence-corrected chi connectivity index (χ4v) is 4.17. The van der Waals surface area contributed by atoms with Crippen molar-refractivity contribution in [2.24, 2.45) is 0 Å². The average Bonchev–Trinajstić information content (AvgIpc) is 3.07. The molecule has 6 nitrogen and oxygen atoms in total. The van der Waals surface area contributed by atoms with Gasteiger partial charge in [0.2, 0.25) is 10.0 Å². The number of imidazole rings is 1. The van der Waals surface area contributed by atoms with Crippen molar-refractivity contribution < 1.29 is 8.42 Å². The fourth-order valence-electron chi connectivity index (χ4n) is 1.71. The van der Waals surface area contributed by atoms with Crippen LogP contribution in [0.25, 0.3) is 0 Å². The van der Waals surface area contributed by atoms with Gasteiger partial charge in [-0.05, 0) is 19.5 Å². The highest BCUT2D eigenvalue weighted by atomic mass is 32.2. The van der Waals surface area contributed by atoms with Gasteiger partial charge in [-0.15, -0.1) is 11.3 Å². The Morgan fingerprint density at radius 1 is 1.50 bits per heavy atom. The minimum atomic E-state index is -3.52. The second-order valence-corrected chi connectivity index (χ2v) is 7.06. The first-order valence-corrected chi connectivity index (χ1v) is 8.69. The highest BCUT2D eigenvalue weighted by molar-refractivity contribution is 7.89. The van der Waals surface area contributed by atoms with Crippen molar-refractivity contribution >= 4 is 21.4 Å². The molecule has 2 aromatic heterocycles. The highest BCUT2D eigenvalue weighted by Gasteiger charge is 2.20. The van der Waals surface area contributed by atoms with Gasteiger partial charge in [0, 0.05) is 29.2 Å². The number of rotatable bonds is 7. The van der Waals surface area contributed by atoms with Crippen LogP contribution in [-0.2, 0) is 16.6 Å². The van der Waals surface area contributed by atoms with Crippen LogP contribution in [0.1, 0.15) is 30.6 Å². The van der Waals surface area contributed by atoms with Crippen molar-refractivity contribution in [2.45, 2.75) is 31.3 Å². The fraction of sp³-hybridized carbons (Fsp3) is 0.417. The van der Waals surface area contributed by atoms with Gasteiger partial charge < -0.3 is 10.3 Å². The molecule has 0 fully saturated rings. The second-order valence-electron chi connectivity index (χ2n) is 4.35. The van der Waals surface area contributed by atoms with Gasteiger partial charge in [0.25, 0.3) is 0 Å². The Morgan fingerprint density at radius 3 is 2.95 bits per heavy atom. The Labute approximate surface area is 122 Å². The van der Waals surface area contributed by atoms with Gasteiger partial charge in [-0.3, -0.25) is 0 Å². The zero-order valence-electron chi connectivity index (χ0n) is 11.4. The van der Waals surface area contributed by atoms with E-state index in [9.17, 15) is 8.42 Å². The van der Waals surface area contributed by atoms with Crippen LogP contribution in [0.5, 0.6) is 0 Å². The maximum atomic E-state index is 12.3. The molecule has 0 spiro atoms. The summed E-state index contributed by atoms with van der Waals surface area (Å²) >= 11 is 1.44. The molecule has 2 rings (SSSR count). The topological polar surface area (TPSA) is 86.9 Å². The third-order valence-electron chi connectivity index (χ3n) is 2.75. The molecule has 2 aromatic rings. The van der Waals surface area contributed by atoms with E-state index in [-0.39, 0.29) is 0 Å². The minimum absolute atomic E-state index is 0.300. The molecule has 0 amide bonds. The van der Waals surface area contributed by atoms with Crippen LogP contribution >= 0.6 is 11.3 Å². The van der Waals surface area contributed by atoms with Gasteiger partial charge in [-0.25, -0.2) is 18.1 Å². The van der Waals surface area contributed by atoms with Crippen LogP contribution in [-0.4, -0.2) is 24.9 Å². The van der Waals surface area contributed by atoms with E-state index in [4.69, 9.17) is 0 Å². The number of hydrogen-bond donors (Lipinski definition) is 3. The molecule has 3 N–H and O–H groups in total. The lowest BCUT2D eigenvalue weighted by atomic mass is 10.3. The lowest BCUT2D eigenvalue weighted by molar-refractivity contribution is 0.561. The van der Waals surface area contributed by atoms with E-state index in [2.05, 4.69) is 20.0 Å². The first kappa shape index (κ1) is 15.2. The highest BCUT2D eigenvalue weighted by Crippen LogP contribution is 2.21. The average molecular weight is 314 g/mol. The normalized spacial score (nSPS) is 13.5. The number of H-pyrrole nitrogens is 1. The maximum absolute atomic E-state index is 12.3. The Hall–Kier alpha value is -1.22. The zero-order valence-corrected chi connectivity index (χ0v) is 13.0. The molecule has 20 heavy (non-hydrogen) atoms. The Morgan fingerprint density at radius 2 is 2.30 bits per heavy atom. The quantitative estimate of drug-likeness (QED) is 0.725. The lowest BCUT2D eigenvalue weighted by Crippen LogP contribution is -2.27. The van der Waals surface area contributed by atoms with Gasteiger partial charge in [-0.1, -0.05) is 6.92 Å². The molecule has 8 heteroatoms. The predicted octanol–water partition coefficient (Wildman–Crippen LogP) is 1.62. The second kappa shape index (κ2) is 6.49. The summed E-state index contributed by atoms with van der Waals surface area (Å²) in [4.78, 5) is 8.25. The summed E-state index contributed by atoms with van der Waals surface area (Å²) in [7, 11) is -3.52.